The molecule has 27 heavy (non-hydrogen) atoms. The standard InChI is InChI=1S/C19H23BrN6S/c1-14-23-24-18(26(14)3)12-22-19(21-11-16-8-6-10-27-16)25(2)13-15-7-4-5-9-17(15)20/h4-10H,11-13H2,1-3H3,(H,21,22). The Hall–Kier alpha value is -2.19. The third-order valence-electron chi connectivity index (χ3n) is 4.28. The van der Waals surface area contributed by atoms with Crippen molar-refractivity contribution in [1.82, 2.24) is 25.0 Å². The molecule has 6 nitrogen and oxygen atoms in total. The van der Waals surface area contributed by atoms with Gasteiger partial charge in [-0.05, 0) is 30.0 Å². The number of aliphatic imine (C=N–C) groups is 1. The van der Waals surface area contributed by atoms with Crippen LogP contribution in [0.3, 0.4) is 0 Å². The van der Waals surface area contributed by atoms with Crippen molar-refractivity contribution in [3.63, 3.8) is 0 Å². The van der Waals surface area contributed by atoms with Crippen LogP contribution in [0, 0.1) is 6.92 Å². The number of benzene rings is 1. The van der Waals surface area contributed by atoms with Crippen LogP contribution < -0.4 is 5.32 Å². The van der Waals surface area contributed by atoms with Gasteiger partial charge in [-0.3, -0.25) is 0 Å². The van der Waals surface area contributed by atoms with Gasteiger partial charge in [0.1, 0.15) is 12.4 Å². The van der Waals surface area contributed by atoms with E-state index in [1.54, 1.807) is 11.3 Å². The molecule has 1 N–H and O–H groups in total. The van der Waals surface area contributed by atoms with Crippen LogP contribution in [0.4, 0.5) is 0 Å². The summed E-state index contributed by atoms with van der Waals surface area (Å²) >= 11 is 5.36. The van der Waals surface area contributed by atoms with Gasteiger partial charge in [-0.15, -0.1) is 21.5 Å². The lowest BCUT2D eigenvalue weighted by molar-refractivity contribution is 0.473. The molecule has 0 aliphatic rings. The molecule has 0 atom stereocenters. The molecule has 2 heterocycles. The van der Waals surface area contributed by atoms with Crippen molar-refractivity contribution in [3.05, 3.63) is 68.3 Å². The van der Waals surface area contributed by atoms with Crippen LogP contribution in [0.25, 0.3) is 0 Å². The number of hydrogen-bond acceptors (Lipinski definition) is 4. The predicted molar refractivity (Wildman–Crippen MR) is 114 cm³/mol. The van der Waals surface area contributed by atoms with Crippen LogP contribution in [-0.4, -0.2) is 32.7 Å². The second-order valence-electron chi connectivity index (χ2n) is 6.24. The third-order valence-corrected chi connectivity index (χ3v) is 5.93. The van der Waals surface area contributed by atoms with Crippen molar-refractivity contribution < 1.29 is 0 Å². The Labute approximate surface area is 172 Å². The van der Waals surface area contributed by atoms with E-state index < -0.39 is 0 Å². The second-order valence-corrected chi connectivity index (χ2v) is 8.13. The minimum absolute atomic E-state index is 0.477. The topological polar surface area (TPSA) is 58.3 Å². The lowest BCUT2D eigenvalue weighted by Gasteiger charge is -2.23. The molecule has 0 bridgehead atoms. The van der Waals surface area contributed by atoms with Crippen LogP contribution in [0.15, 0.2) is 51.2 Å². The van der Waals surface area contributed by atoms with Crippen molar-refractivity contribution in [3.8, 4) is 0 Å². The van der Waals surface area contributed by atoms with Gasteiger partial charge >= 0.3 is 0 Å². The molecule has 142 valence electrons. The quantitative estimate of drug-likeness (QED) is 0.462. The van der Waals surface area contributed by atoms with E-state index >= 15 is 0 Å². The molecule has 0 unspecified atom stereocenters. The van der Waals surface area contributed by atoms with Gasteiger partial charge in [-0.1, -0.05) is 40.2 Å². The Morgan fingerprint density at radius 3 is 2.74 bits per heavy atom. The van der Waals surface area contributed by atoms with Crippen molar-refractivity contribution in [2.75, 3.05) is 7.05 Å². The lowest BCUT2D eigenvalue weighted by Crippen LogP contribution is -2.38. The number of aromatic nitrogens is 3. The van der Waals surface area contributed by atoms with E-state index in [2.05, 4.69) is 66.0 Å². The zero-order chi connectivity index (χ0) is 19.2. The Balaban J connectivity index is 1.76. The molecule has 0 amide bonds. The largest absolute Gasteiger partial charge is 0.351 e. The fourth-order valence-corrected chi connectivity index (χ4v) is 3.64. The molecule has 2 aromatic heterocycles. The first-order chi connectivity index (χ1) is 13.0. The number of nitrogens with one attached hydrogen (secondary N) is 1. The van der Waals surface area contributed by atoms with Gasteiger partial charge in [0.2, 0.25) is 0 Å². The summed E-state index contributed by atoms with van der Waals surface area (Å²) in [4.78, 5) is 8.18. The normalized spacial score (nSPS) is 11.6. The van der Waals surface area contributed by atoms with E-state index in [9.17, 15) is 0 Å². The first kappa shape index (κ1) is 19.6. The van der Waals surface area contributed by atoms with Gasteiger partial charge in [0, 0.05) is 30.0 Å². The van der Waals surface area contributed by atoms with Crippen molar-refractivity contribution in [2.45, 2.75) is 26.6 Å². The Morgan fingerprint density at radius 2 is 2.07 bits per heavy atom. The van der Waals surface area contributed by atoms with Gasteiger partial charge in [-0.2, -0.15) is 0 Å². The molecule has 0 saturated heterocycles. The van der Waals surface area contributed by atoms with Crippen LogP contribution in [-0.2, 0) is 26.7 Å². The molecule has 0 radical (unpaired) electrons. The summed E-state index contributed by atoms with van der Waals surface area (Å²) in [6, 6.07) is 12.4. The summed E-state index contributed by atoms with van der Waals surface area (Å²) in [5.74, 6) is 2.56. The number of nitrogens with zero attached hydrogens (tertiary/aromatic N) is 5. The minimum Gasteiger partial charge on any atom is -0.351 e. The Kier molecular flexibility index (Phi) is 6.63. The molecule has 0 saturated carbocycles. The van der Waals surface area contributed by atoms with Gasteiger partial charge < -0.3 is 14.8 Å². The zero-order valence-corrected chi connectivity index (χ0v) is 18.1. The maximum Gasteiger partial charge on any atom is 0.194 e. The van der Waals surface area contributed by atoms with Crippen LogP contribution in [0.5, 0.6) is 0 Å². The molecule has 0 aliphatic heterocycles. The van der Waals surface area contributed by atoms with E-state index in [0.717, 1.165) is 35.2 Å². The summed E-state index contributed by atoms with van der Waals surface area (Å²) in [5, 5.41) is 13.9. The number of guanidine groups is 1. The maximum atomic E-state index is 4.79. The minimum atomic E-state index is 0.477. The molecule has 0 aliphatic carbocycles. The summed E-state index contributed by atoms with van der Waals surface area (Å²) in [6.07, 6.45) is 0. The van der Waals surface area contributed by atoms with Gasteiger partial charge in [0.25, 0.3) is 0 Å². The first-order valence-electron chi connectivity index (χ1n) is 8.64. The predicted octanol–water partition coefficient (Wildman–Crippen LogP) is 3.73. The highest BCUT2D eigenvalue weighted by Crippen LogP contribution is 2.17. The number of rotatable bonds is 6. The van der Waals surface area contributed by atoms with E-state index in [1.807, 2.05) is 37.7 Å². The van der Waals surface area contributed by atoms with E-state index in [1.165, 1.54) is 10.4 Å². The van der Waals surface area contributed by atoms with E-state index in [-0.39, 0.29) is 0 Å². The van der Waals surface area contributed by atoms with Crippen LogP contribution in [0.1, 0.15) is 22.1 Å². The summed E-state index contributed by atoms with van der Waals surface area (Å²) in [6.45, 7) is 3.91. The molecule has 0 fully saturated rings. The number of halogens is 1. The Bertz CT molecular complexity index is 903. The SMILES string of the molecule is Cc1nnc(CN=C(NCc2cccs2)N(C)Cc2ccccc2Br)n1C. The summed E-state index contributed by atoms with van der Waals surface area (Å²) in [7, 11) is 4.01. The highest BCUT2D eigenvalue weighted by molar-refractivity contribution is 9.10. The molecule has 3 rings (SSSR count). The highest BCUT2D eigenvalue weighted by atomic mass is 79.9. The maximum absolute atomic E-state index is 4.79. The highest BCUT2D eigenvalue weighted by Gasteiger charge is 2.11. The monoisotopic (exact) mass is 446 g/mol. The smallest absolute Gasteiger partial charge is 0.194 e. The van der Waals surface area contributed by atoms with Crippen molar-refractivity contribution in [1.29, 1.82) is 0 Å². The average molecular weight is 447 g/mol. The van der Waals surface area contributed by atoms with E-state index in [0.29, 0.717) is 6.54 Å². The van der Waals surface area contributed by atoms with Gasteiger partial charge in [-0.25, -0.2) is 4.99 Å². The van der Waals surface area contributed by atoms with Crippen molar-refractivity contribution in [2.24, 2.45) is 12.0 Å². The number of hydrogen-bond donors (Lipinski definition) is 1. The zero-order valence-electron chi connectivity index (χ0n) is 15.7. The molecule has 8 heteroatoms. The number of thiophene rings is 1. The van der Waals surface area contributed by atoms with E-state index in [4.69, 9.17) is 4.99 Å². The summed E-state index contributed by atoms with van der Waals surface area (Å²) < 4.78 is 3.06. The molecular weight excluding hydrogens is 424 g/mol. The Morgan fingerprint density at radius 1 is 1.26 bits per heavy atom. The number of aryl methyl sites for hydroxylation is 1. The summed E-state index contributed by atoms with van der Waals surface area (Å²) in [5.41, 5.74) is 1.21. The van der Waals surface area contributed by atoms with Crippen LogP contribution in [0.2, 0.25) is 0 Å². The third kappa shape index (κ3) is 5.17. The lowest BCUT2D eigenvalue weighted by atomic mass is 10.2. The van der Waals surface area contributed by atoms with Crippen molar-refractivity contribution >= 4 is 33.2 Å². The molecule has 0 spiro atoms. The second kappa shape index (κ2) is 9.14. The molecule has 1 aromatic carbocycles. The molecule has 3 aromatic rings. The average Bonchev–Trinajstić information content (AvgIpc) is 3.28. The van der Waals surface area contributed by atoms with Crippen LogP contribution >= 0.6 is 27.3 Å². The first-order valence-corrected chi connectivity index (χ1v) is 10.3. The van der Waals surface area contributed by atoms with Gasteiger partial charge in [0.05, 0.1) is 6.54 Å². The fourth-order valence-electron chi connectivity index (χ4n) is 2.58. The fraction of sp³-hybridized carbons (Fsp3) is 0.316. The molecular formula is C19H23BrN6S. The van der Waals surface area contributed by atoms with Gasteiger partial charge in [0.15, 0.2) is 11.8 Å².